The average molecular weight is 1070 g/mol. The molecule has 2 aromatic heterocycles. The van der Waals surface area contributed by atoms with Gasteiger partial charge in [0.1, 0.15) is 5.82 Å². The Morgan fingerprint density at radius 3 is 1.69 bits per heavy atom. The number of ether oxygens (including phenoxy) is 1. The number of benzene rings is 7. The van der Waals surface area contributed by atoms with E-state index in [9.17, 15) is 0 Å². The zero-order valence-corrected chi connectivity index (χ0v) is 43.0. The van der Waals surface area contributed by atoms with Crippen LogP contribution >= 0.6 is 0 Å². The molecule has 6 heteroatoms. The van der Waals surface area contributed by atoms with Crippen LogP contribution in [0.1, 0.15) is 103 Å². The quantitative estimate of drug-likeness (QED) is 0.135. The zero-order valence-electron chi connectivity index (χ0n) is 40.8. The van der Waals surface area contributed by atoms with Crippen LogP contribution in [-0.2, 0) is 42.7 Å². The van der Waals surface area contributed by atoms with Gasteiger partial charge in [0.25, 0.3) is 0 Å². The fourth-order valence-corrected chi connectivity index (χ4v) is 9.47. The second kappa shape index (κ2) is 17.6. The Bertz CT molecular complexity index is 3280. The van der Waals surface area contributed by atoms with E-state index in [0.717, 1.165) is 55.9 Å². The van der Waals surface area contributed by atoms with Crippen LogP contribution in [0.15, 0.2) is 170 Å². The van der Waals surface area contributed by atoms with Gasteiger partial charge in [-0.2, -0.15) is 6.07 Å². The van der Waals surface area contributed by atoms with Crippen molar-refractivity contribution >= 4 is 44.6 Å². The molecular formula is C62H59N4OPt-3. The van der Waals surface area contributed by atoms with Crippen molar-refractivity contribution in [2.75, 3.05) is 9.80 Å². The summed E-state index contributed by atoms with van der Waals surface area (Å²) in [6.45, 7) is 25.0. The maximum Gasteiger partial charge on any atom is 0.135 e. The maximum absolute atomic E-state index is 6.97. The largest absolute Gasteiger partial charge is 0.509 e. The molecule has 0 spiro atoms. The molecule has 0 fully saturated rings. The zero-order chi connectivity index (χ0) is 46.9. The number of hydrogen-bond acceptors (Lipinski definition) is 4. The minimum Gasteiger partial charge on any atom is -0.509 e. The van der Waals surface area contributed by atoms with Crippen molar-refractivity contribution < 1.29 is 25.8 Å². The van der Waals surface area contributed by atoms with Crippen LogP contribution < -0.4 is 14.5 Å². The van der Waals surface area contributed by atoms with Gasteiger partial charge in [-0.3, -0.25) is 0 Å². The smallest absolute Gasteiger partial charge is 0.135 e. The van der Waals surface area contributed by atoms with Crippen LogP contribution in [0.5, 0.6) is 11.5 Å². The minimum atomic E-state index is -0.370. The van der Waals surface area contributed by atoms with Gasteiger partial charge in [-0.15, -0.1) is 53.6 Å². The summed E-state index contributed by atoms with van der Waals surface area (Å²) in [6, 6.07) is 66.2. The van der Waals surface area contributed by atoms with E-state index in [0.29, 0.717) is 11.5 Å². The number of aromatic nitrogens is 2. The molecule has 0 atom stereocenters. The van der Waals surface area contributed by atoms with Crippen LogP contribution in [0, 0.1) is 18.8 Å². The number of fused-ring (bicyclic) bond motifs is 4. The van der Waals surface area contributed by atoms with Crippen LogP contribution in [0.25, 0.3) is 27.6 Å². The van der Waals surface area contributed by atoms with Crippen LogP contribution in [-0.4, -0.2) is 9.55 Å². The van der Waals surface area contributed by atoms with E-state index in [1.54, 1.807) is 0 Å². The Morgan fingerprint density at radius 1 is 0.471 bits per heavy atom. The van der Waals surface area contributed by atoms with Crippen LogP contribution in [0.3, 0.4) is 0 Å². The van der Waals surface area contributed by atoms with Gasteiger partial charge in [0.15, 0.2) is 0 Å². The SMILES string of the molecule is CC(C)(C)c1cc(N2[CH-]N(c3[c-]c(Oc4[c-]c5c(cc4)c4ccccc4n5-c4cc(C(C)(C)C)ccn4)cc(C(C)(C)c4ccccc4)c3)c3ccccc32)cc(C(C)(C)c2ccccc2)c1.[Pt]. The Morgan fingerprint density at radius 2 is 1.04 bits per heavy atom. The molecular weight excluding hydrogens is 1010 g/mol. The minimum absolute atomic E-state index is 0. The molecule has 5 nitrogen and oxygen atoms in total. The van der Waals surface area contributed by atoms with Gasteiger partial charge < -0.3 is 19.1 Å². The van der Waals surface area contributed by atoms with Gasteiger partial charge in [-0.05, 0) is 91.9 Å². The molecule has 0 N–H and O–H groups in total. The molecule has 0 bridgehead atoms. The van der Waals surface area contributed by atoms with Crippen molar-refractivity contribution in [3.63, 3.8) is 0 Å². The number of para-hydroxylation sites is 3. The Balaban J connectivity index is 0.00000578. The van der Waals surface area contributed by atoms with Crippen molar-refractivity contribution in [1.82, 2.24) is 9.55 Å². The normalized spacial score (nSPS) is 13.2. The van der Waals surface area contributed by atoms with Crippen molar-refractivity contribution in [3.05, 3.63) is 222 Å². The summed E-state index contributed by atoms with van der Waals surface area (Å²) in [5, 5.41) is 2.23. The first-order chi connectivity index (χ1) is 32.0. The van der Waals surface area contributed by atoms with E-state index in [1.165, 1.54) is 27.8 Å². The summed E-state index contributed by atoms with van der Waals surface area (Å²) in [7, 11) is 0. The van der Waals surface area contributed by atoms with Crippen LogP contribution in [0.2, 0.25) is 0 Å². The molecule has 1 aliphatic rings. The molecule has 9 aromatic rings. The van der Waals surface area contributed by atoms with Gasteiger partial charge in [0.2, 0.25) is 0 Å². The van der Waals surface area contributed by atoms with Gasteiger partial charge in [0, 0.05) is 66.8 Å². The molecule has 0 saturated heterocycles. The summed E-state index contributed by atoms with van der Waals surface area (Å²) in [6.07, 6.45) is 1.91. The monoisotopic (exact) mass is 1070 g/mol. The van der Waals surface area contributed by atoms with E-state index in [-0.39, 0.29) is 42.7 Å². The number of pyridine rings is 1. The summed E-state index contributed by atoms with van der Waals surface area (Å²) >= 11 is 0. The predicted molar refractivity (Wildman–Crippen MR) is 279 cm³/mol. The van der Waals surface area contributed by atoms with Crippen molar-refractivity contribution in [2.24, 2.45) is 0 Å². The van der Waals surface area contributed by atoms with E-state index in [4.69, 9.17) is 9.72 Å². The standard InChI is InChI=1S/C62H59N4O.Pt/c1-59(2,3)44-31-32-63-58(38-44)66-54-26-18-17-25-52(54)53-30-29-50(40-57(53)66)67-51-37-47(62(9,10)43-23-15-12-16-24-43)36-49(39-51)65-41-64(55-27-19-20-28-56(55)65)48-34-45(60(4,5)6)33-46(35-48)61(7,8)42-21-13-11-14-22-42;/h11-38,41H,1-10H3;/q-3;. The molecule has 0 saturated carbocycles. The van der Waals surface area contributed by atoms with Crippen molar-refractivity contribution in [3.8, 4) is 17.3 Å². The molecule has 10 rings (SSSR count). The third-order valence-electron chi connectivity index (χ3n) is 13.8. The molecule has 0 aliphatic carbocycles. The van der Waals surface area contributed by atoms with Crippen molar-refractivity contribution in [1.29, 1.82) is 0 Å². The third kappa shape index (κ3) is 8.56. The van der Waals surface area contributed by atoms with Gasteiger partial charge >= 0.3 is 0 Å². The molecule has 7 aromatic carbocycles. The Kier molecular flexibility index (Phi) is 12.1. The Labute approximate surface area is 417 Å². The molecule has 3 heterocycles. The summed E-state index contributed by atoms with van der Waals surface area (Å²) in [4.78, 5) is 9.51. The fraction of sp³-hybridized carbons (Fsp3) is 0.226. The number of anilines is 4. The van der Waals surface area contributed by atoms with E-state index in [2.05, 4.69) is 260 Å². The van der Waals surface area contributed by atoms with Crippen LogP contribution in [0.4, 0.5) is 22.7 Å². The summed E-state index contributed by atoms with van der Waals surface area (Å²) in [5.41, 5.74) is 12.8. The first kappa shape index (κ1) is 46.7. The molecule has 1 aliphatic heterocycles. The fourth-order valence-electron chi connectivity index (χ4n) is 9.47. The molecule has 0 radical (unpaired) electrons. The average Bonchev–Trinajstić information content (AvgIpc) is 3.88. The Hall–Kier alpha value is -6.42. The topological polar surface area (TPSA) is 33.5 Å². The maximum atomic E-state index is 6.97. The number of hydrogen-bond donors (Lipinski definition) is 0. The molecule has 0 unspecified atom stereocenters. The number of rotatable bonds is 9. The molecule has 346 valence electrons. The van der Waals surface area contributed by atoms with Gasteiger partial charge in [0.05, 0.1) is 0 Å². The first-order valence-electron chi connectivity index (χ1n) is 23.4. The summed E-state index contributed by atoms with van der Waals surface area (Å²) in [5.74, 6) is 2.05. The van der Waals surface area contributed by atoms with Crippen molar-refractivity contribution in [2.45, 2.75) is 90.9 Å². The van der Waals surface area contributed by atoms with E-state index < -0.39 is 0 Å². The first-order valence-corrected chi connectivity index (χ1v) is 23.4. The van der Waals surface area contributed by atoms with E-state index in [1.807, 2.05) is 12.3 Å². The van der Waals surface area contributed by atoms with Gasteiger partial charge in [-0.25, -0.2) is 4.98 Å². The third-order valence-corrected chi connectivity index (χ3v) is 13.8. The second-order valence-corrected chi connectivity index (χ2v) is 21.2. The second-order valence-electron chi connectivity index (χ2n) is 21.2. The van der Waals surface area contributed by atoms with Gasteiger partial charge in [-0.1, -0.05) is 172 Å². The van der Waals surface area contributed by atoms with E-state index >= 15 is 0 Å². The molecule has 0 amide bonds. The predicted octanol–water partition coefficient (Wildman–Crippen LogP) is 16.2. The number of nitrogens with zero attached hydrogens (tertiary/aromatic N) is 4. The molecule has 68 heavy (non-hydrogen) atoms. The summed E-state index contributed by atoms with van der Waals surface area (Å²) < 4.78 is 9.18.